The fourth-order valence-corrected chi connectivity index (χ4v) is 4.26. The number of hydrogen-bond acceptors (Lipinski definition) is 5. The number of rotatable bonds is 9. The number of aliphatic hydroxyl groups is 1. The molecule has 0 bridgehead atoms. The van der Waals surface area contributed by atoms with Gasteiger partial charge in [0, 0.05) is 27.2 Å². The van der Waals surface area contributed by atoms with E-state index in [0.717, 1.165) is 5.56 Å². The first-order valence-corrected chi connectivity index (χ1v) is 10.9. The highest BCUT2D eigenvalue weighted by Crippen LogP contribution is 2.36. The Balaban J connectivity index is 1.71. The van der Waals surface area contributed by atoms with Gasteiger partial charge in [-0.25, -0.2) is 0 Å². The van der Waals surface area contributed by atoms with Crippen LogP contribution in [0.15, 0.2) is 49.1 Å². The predicted octanol–water partition coefficient (Wildman–Crippen LogP) is 5.69. The van der Waals surface area contributed by atoms with Gasteiger partial charge in [0.2, 0.25) is 0 Å². The second-order valence-corrected chi connectivity index (χ2v) is 8.74. The lowest BCUT2D eigenvalue weighted by Crippen LogP contribution is -2.49. The van der Waals surface area contributed by atoms with Crippen LogP contribution in [0, 0.1) is 0 Å². The van der Waals surface area contributed by atoms with E-state index in [1.165, 1.54) is 13.2 Å². The third-order valence-electron chi connectivity index (χ3n) is 5.00. The van der Waals surface area contributed by atoms with Gasteiger partial charge in [0.05, 0.1) is 19.8 Å². The summed E-state index contributed by atoms with van der Waals surface area (Å²) in [5, 5.41) is 13.2. The Morgan fingerprint density at radius 1 is 1.03 bits per heavy atom. The molecule has 4 atom stereocenters. The first-order valence-electron chi connectivity index (χ1n) is 9.40. The Kier molecular flexibility index (Phi) is 8.66. The summed E-state index contributed by atoms with van der Waals surface area (Å²) in [7, 11) is 1.43. The van der Waals surface area contributed by atoms with Crippen LogP contribution in [0.3, 0.4) is 0 Å². The molecule has 0 spiro atoms. The van der Waals surface area contributed by atoms with Gasteiger partial charge in [0.1, 0.15) is 12.2 Å². The van der Waals surface area contributed by atoms with E-state index in [1.807, 2.05) is 0 Å². The van der Waals surface area contributed by atoms with Gasteiger partial charge in [0.15, 0.2) is 11.9 Å². The van der Waals surface area contributed by atoms with E-state index in [-0.39, 0.29) is 19.8 Å². The Hall–Kier alpha value is -0.860. The second-order valence-electron chi connectivity index (χ2n) is 7.05. The van der Waals surface area contributed by atoms with Gasteiger partial charge in [-0.1, -0.05) is 71.2 Å². The largest absolute Gasteiger partial charge is 0.378 e. The maximum Gasteiger partial charge on any atom is 0.192 e. The molecule has 0 saturated carbocycles. The van der Waals surface area contributed by atoms with Crippen LogP contribution in [0.5, 0.6) is 0 Å². The fourth-order valence-electron chi connectivity index (χ4n) is 3.34. The van der Waals surface area contributed by atoms with E-state index in [4.69, 9.17) is 65.4 Å². The van der Waals surface area contributed by atoms with E-state index >= 15 is 0 Å². The topological polar surface area (TPSA) is 57.2 Å². The molecule has 2 aromatic carbocycles. The van der Waals surface area contributed by atoms with Crippen molar-refractivity contribution < 1.29 is 24.1 Å². The molecule has 0 amide bonds. The zero-order valence-corrected chi connectivity index (χ0v) is 19.7. The van der Waals surface area contributed by atoms with Crippen molar-refractivity contribution in [3.8, 4) is 0 Å². The summed E-state index contributed by atoms with van der Waals surface area (Å²) >= 11 is 24.3. The first-order chi connectivity index (χ1) is 14.8. The summed E-state index contributed by atoms with van der Waals surface area (Å²) in [6, 6.07) is 10.3. The maximum atomic E-state index is 11.1. The number of methoxy groups -OCH3 is 1. The van der Waals surface area contributed by atoms with Gasteiger partial charge in [-0.3, -0.25) is 0 Å². The van der Waals surface area contributed by atoms with Crippen LogP contribution in [-0.2, 0) is 32.2 Å². The molecule has 3 unspecified atom stereocenters. The molecule has 0 aromatic heterocycles. The van der Waals surface area contributed by atoms with Crippen LogP contribution >= 0.6 is 46.4 Å². The monoisotopic (exact) mass is 506 g/mol. The van der Waals surface area contributed by atoms with Crippen LogP contribution in [0.2, 0.25) is 20.1 Å². The number of ether oxygens (including phenoxy) is 4. The molecule has 0 aliphatic carbocycles. The van der Waals surface area contributed by atoms with E-state index in [9.17, 15) is 5.11 Å². The molecule has 1 saturated heterocycles. The third kappa shape index (κ3) is 5.74. The van der Waals surface area contributed by atoms with Crippen LogP contribution in [0.25, 0.3) is 0 Å². The van der Waals surface area contributed by atoms with Gasteiger partial charge in [-0.05, 0) is 35.4 Å². The standard InChI is InChI=1S/C22H22Cl4O5/c1-3-22(27)20(30-11-14-5-7-16(24)9-18(14)26)19(31-21(22)28-2)12-29-10-13-4-6-15(23)8-17(13)25/h3-9,19-21,27H,1,10-12H2,2H3/t19?,20?,21?,22-/m0/s1. The highest BCUT2D eigenvalue weighted by Gasteiger charge is 2.55. The SMILES string of the molecule is C=C[C@@]1(O)C(OC)OC(COCc2ccc(Cl)cc2Cl)C1OCc1ccc(Cl)cc1Cl. The van der Waals surface area contributed by atoms with Crippen molar-refractivity contribution in [1.29, 1.82) is 0 Å². The van der Waals surface area contributed by atoms with Crippen LogP contribution in [0.4, 0.5) is 0 Å². The first kappa shape index (κ1) is 24.8. The number of hydrogen-bond donors (Lipinski definition) is 1. The minimum Gasteiger partial charge on any atom is -0.378 e. The number of benzene rings is 2. The lowest BCUT2D eigenvalue weighted by atomic mass is 9.95. The van der Waals surface area contributed by atoms with Crippen LogP contribution in [0.1, 0.15) is 11.1 Å². The summed E-state index contributed by atoms with van der Waals surface area (Å²) in [5.41, 5.74) is -0.0951. The molecule has 5 nitrogen and oxygen atoms in total. The fraction of sp³-hybridized carbons (Fsp3) is 0.364. The molecule has 1 heterocycles. The second kappa shape index (κ2) is 10.8. The quantitative estimate of drug-likeness (QED) is 0.442. The van der Waals surface area contributed by atoms with E-state index in [0.29, 0.717) is 25.7 Å². The van der Waals surface area contributed by atoms with Crippen molar-refractivity contribution in [2.75, 3.05) is 13.7 Å². The van der Waals surface area contributed by atoms with Crippen molar-refractivity contribution >= 4 is 46.4 Å². The van der Waals surface area contributed by atoms with Crippen molar-refractivity contribution in [3.05, 3.63) is 80.3 Å². The summed E-state index contributed by atoms with van der Waals surface area (Å²) < 4.78 is 23.0. The van der Waals surface area contributed by atoms with E-state index in [1.54, 1.807) is 36.4 Å². The molecule has 1 aliphatic rings. The minimum atomic E-state index is -1.58. The van der Waals surface area contributed by atoms with Crippen molar-refractivity contribution in [3.63, 3.8) is 0 Å². The van der Waals surface area contributed by atoms with E-state index in [2.05, 4.69) is 6.58 Å². The van der Waals surface area contributed by atoms with Gasteiger partial charge >= 0.3 is 0 Å². The molecule has 31 heavy (non-hydrogen) atoms. The van der Waals surface area contributed by atoms with E-state index < -0.39 is 24.1 Å². The minimum absolute atomic E-state index is 0.119. The van der Waals surface area contributed by atoms with Crippen molar-refractivity contribution in [1.82, 2.24) is 0 Å². The normalized spacial score (nSPS) is 25.7. The lowest BCUT2D eigenvalue weighted by Gasteiger charge is -2.30. The van der Waals surface area contributed by atoms with Crippen molar-refractivity contribution in [2.45, 2.75) is 37.3 Å². The van der Waals surface area contributed by atoms with Gasteiger partial charge < -0.3 is 24.1 Å². The number of halogens is 4. The summed E-state index contributed by atoms with van der Waals surface area (Å²) in [5.74, 6) is 0. The molecule has 1 aliphatic heterocycles. The van der Waals surface area contributed by atoms with Gasteiger partial charge in [-0.15, -0.1) is 0 Å². The van der Waals surface area contributed by atoms with Crippen molar-refractivity contribution in [2.24, 2.45) is 0 Å². The lowest BCUT2D eigenvalue weighted by molar-refractivity contribution is -0.179. The Morgan fingerprint density at radius 2 is 1.61 bits per heavy atom. The molecule has 3 rings (SSSR count). The average Bonchev–Trinajstić information content (AvgIpc) is 3.00. The molecular weight excluding hydrogens is 486 g/mol. The Labute approximate surface area is 201 Å². The molecule has 1 N–H and O–H groups in total. The molecule has 0 radical (unpaired) electrons. The van der Waals surface area contributed by atoms with Crippen LogP contribution < -0.4 is 0 Å². The maximum absolute atomic E-state index is 11.1. The Bertz CT molecular complexity index is 925. The highest BCUT2D eigenvalue weighted by atomic mass is 35.5. The summed E-state index contributed by atoms with van der Waals surface area (Å²) in [4.78, 5) is 0. The zero-order chi connectivity index (χ0) is 22.6. The highest BCUT2D eigenvalue weighted by molar-refractivity contribution is 6.35. The molecule has 2 aromatic rings. The smallest absolute Gasteiger partial charge is 0.192 e. The average molecular weight is 508 g/mol. The molecule has 168 valence electrons. The third-order valence-corrected chi connectivity index (χ3v) is 6.17. The summed E-state index contributed by atoms with van der Waals surface area (Å²) in [6.45, 7) is 4.20. The van der Waals surface area contributed by atoms with Gasteiger partial charge in [-0.2, -0.15) is 0 Å². The zero-order valence-electron chi connectivity index (χ0n) is 16.7. The predicted molar refractivity (Wildman–Crippen MR) is 122 cm³/mol. The Morgan fingerprint density at radius 3 is 2.13 bits per heavy atom. The molecular formula is C22H22Cl4O5. The molecule has 9 heteroatoms. The van der Waals surface area contributed by atoms with Crippen LogP contribution in [-0.4, -0.2) is 42.9 Å². The van der Waals surface area contributed by atoms with Gasteiger partial charge in [0.25, 0.3) is 0 Å². The summed E-state index contributed by atoms with van der Waals surface area (Å²) in [6.07, 6.45) is -1.07. The molecule has 1 fully saturated rings.